The maximum atomic E-state index is 13.9. The standard InChI is InChI=1S/C16H21F2N3O2/c1-10(22)21-15(13-5-4-11(17)7-14(13)18)8-16(23)20-9-12-3-2-6-19-12/h4-5,7,12,15,19H,2-3,6,8-9H2,1H3,(H,20,23)(H,21,22). The van der Waals surface area contributed by atoms with Crippen LogP contribution in [0, 0.1) is 11.6 Å². The van der Waals surface area contributed by atoms with E-state index < -0.39 is 17.7 Å². The molecule has 1 saturated heterocycles. The molecular weight excluding hydrogens is 304 g/mol. The van der Waals surface area contributed by atoms with Crippen LogP contribution in [0.2, 0.25) is 0 Å². The van der Waals surface area contributed by atoms with E-state index in [9.17, 15) is 18.4 Å². The second kappa shape index (κ2) is 8.01. The third kappa shape index (κ3) is 5.28. The molecule has 0 bridgehead atoms. The Morgan fingerprint density at radius 3 is 2.78 bits per heavy atom. The average Bonchev–Trinajstić information content (AvgIpc) is 2.97. The van der Waals surface area contributed by atoms with E-state index in [1.165, 1.54) is 13.0 Å². The van der Waals surface area contributed by atoms with Crippen LogP contribution in [0.25, 0.3) is 0 Å². The molecule has 0 saturated carbocycles. The van der Waals surface area contributed by atoms with E-state index in [0.717, 1.165) is 31.5 Å². The van der Waals surface area contributed by atoms with E-state index in [1.54, 1.807) is 0 Å². The van der Waals surface area contributed by atoms with Gasteiger partial charge in [-0.1, -0.05) is 6.07 Å². The number of carbonyl (C=O) groups excluding carboxylic acids is 2. The van der Waals surface area contributed by atoms with Gasteiger partial charge in [0.2, 0.25) is 11.8 Å². The maximum absolute atomic E-state index is 13.9. The highest BCUT2D eigenvalue weighted by Crippen LogP contribution is 2.21. The molecule has 126 valence electrons. The van der Waals surface area contributed by atoms with E-state index in [1.807, 2.05) is 0 Å². The van der Waals surface area contributed by atoms with Gasteiger partial charge in [0.1, 0.15) is 11.6 Å². The van der Waals surface area contributed by atoms with Gasteiger partial charge in [0.05, 0.1) is 12.5 Å². The number of benzene rings is 1. The predicted molar refractivity (Wildman–Crippen MR) is 81.6 cm³/mol. The molecule has 2 atom stereocenters. The van der Waals surface area contributed by atoms with Crippen LogP contribution in [0.15, 0.2) is 18.2 Å². The summed E-state index contributed by atoms with van der Waals surface area (Å²) in [5, 5.41) is 8.58. The van der Waals surface area contributed by atoms with Crippen molar-refractivity contribution in [3.8, 4) is 0 Å². The molecule has 3 N–H and O–H groups in total. The topological polar surface area (TPSA) is 70.2 Å². The van der Waals surface area contributed by atoms with Gasteiger partial charge in [0, 0.05) is 31.1 Å². The van der Waals surface area contributed by atoms with E-state index in [4.69, 9.17) is 0 Å². The Morgan fingerprint density at radius 2 is 2.17 bits per heavy atom. The fourth-order valence-electron chi connectivity index (χ4n) is 2.69. The molecule has 23 heavy (non-hydrogen) atoms. The summed E-state index contributed by atoms with van der Waals surface area (Å²) in [6, 6.07) is 2.51. The van der Waals surface area contributed by atoms with Crippen molar-refractivity contribution in [2.24, 2.45) is 0 Å². The zero-order chi connectivity index (χ0) is 16.8. The van der Waals surface area contributed by atoms with Crippen LogP contribution in [0.3, 0.4) is 0 Å². The van der Waals surface area contributed by atoms with Crippen LogP contribution in [-0.4, -0.2) is 30.9 Å². The highest BCUT2D eigenvalue weighted by Gasteiger charge is 2.22. The van der Waals surface area contributed by atoms with E-state index >= 15 is 0 Å². The van der Waals surface area contributed by atoms with Gasteiger partial charge in [-0.3, -0.25) is 9.59 Å². The summed E-state index contributed by atoms with van der Waals surface area (Å²) in [7, 11) is 0. The fraction of sp³-hybridized carbons (Fsp3) is 0.500. The molecule has 2 amide bonds. The van der Waals surface area contributed by atoms with Gasteiger partial charge in [0.15, 0.2) is 0 Å². The number of hydrogen-bond acceptors (Lipinski definition) is 3. The van der Waals surface area contributed by atoms with Gasteiger partial charge >= 0.3 is 0 Å². The van der Waals surface area contributed by atoms with Crippen LogP contribution in [0.4, 0.5) is 8.78 Å². The number of halogens is 2. The summed E-state index contributed by atoms with van der Waals surface area (Å²) in [6.07, 6.45) is 1.98. The van der Waals surface area contributed by atoms with E-state index in [2.05, 4.69) is 16.0 Å². The van der Waals surface area contributed by atoms with E-state index in [-0.39, 0.29) is 29.8 Å². The van der Waals surface area contributed by atoms with Crippen molar-refractivity contribution < 1.29 is 18.4 Å². The van der Waals surface area contributed by atoms with Crippen LogP contribution >= 0.6 is 0 Å². The SMILES string of the molecule is CC(=O)NC(CC(=O)NCC1CCCN1)c1ccc(F)cc1F. The van der Waals surface area contributed by atoms with Crippen LogP contribution in [0.1, 0.15) is 37.8 Å². The zero-order valence-corrected chi connectivity index (χ0v) is 13.0. The van der Waals surface area contributed by atoms with Crippen LogP contribution in [-0.2, 0) is 9.59 Å². The third-order valence-corrected chi connectivity index (χ3v) is 3.81. The Bertz CT molecular complexity index is 574. The minimum atomic E-state index is -0.829. The van der Waals surface area contributed by atoms with Crippen molar-refractivity contribution in [3.05, 3.63) is 35.4 Å². The molecule has 5 nitrogen and oxygen atoms in total. The number of amides is 2. The zero-order valence-electron chi connectivity index (χ0n) is 13.0. The number of rotatable bonds is 6. The first-order valence-corrected chi connectivity index (χ1v) is 7.68. The Labute approximate surface area is 133 Å². The molecule has 1 aromatic carbocycles. The molecule has 2 rings (SSSR count). The first-order valence-electron chi connectivity index (χ1n) is 7.68. The second-order valence-electron chi connectivity index (χ2n) is 5.72. The molecule has 1 aromatic rings. The summed E-state index contributed by atoms with van der Waals surface area (Å²) in [6.45, 7) is 2.72. The van der Waals surface area contributed by atoms with Crippen LogP contribution in [0.5, 0.6) is 0 Å². The lowest BCUT2D eigenvalue weighted by Crippen LogP contribution is -2.39. The van der Waals surface area contributed by atoms with Gasteiger partial charge in [-0.2, -0.15) is 0 Å². The Hall–Kier alpha value is -2.02. The van der Waals surface area contributed by atoms with Gasteiger partial charge in [-0.25, -0.2) is 8.78 Å². The summed E-state index contributed by atoms with van der Waals surface area (Å²) in [5.74, 6) is -2.16. The minimum Gasteiger partial charge on any atom is -0.354 e. The number of nitrogens with one attached hydrogen (secondary N) is 3. The third-order valence-electron chi connectivity index (χ3n) is 3.81. The lowest BCUT2D eigenvalue weighted by molar-refractivity contribution is -0.122. The molecule has 2 unspecified atom stereocenters. The molecule has 0 aromatic heterocycles. The normalized spacial score (nSPS) is 18.5. The average molecular weight is 325 g/mol. The van der Waals surface area contributed by atoms with Crippen LogP contribution < -0.4 is 16.0 Å². The largest absolute Gasteiger partial charge is 0.354 e. The highest BCUT2D eigenvalue weighted by atomic mass is 19.1. The van der Waals surface area contributed by atoms with Gasteiger partial charge in [-0.15, -0.1) is 0 Å². The molecule has 0 aliphatic carbocycles. The summed E-state index contributed by atoms with van der Waals surface area (Å²) in [5.41, 5.74) is 0.0933. The summed E-state index contributed by atoms with van der Waals surface area (Å²) in [4.78, 5) is 23.4. The molecule has 1 fully saturated rings. The van der Waals surface area contributed by atoms with E-state index in [0.29, 0.717) is 6.54 Å². The summed E-state index contributed by atoms with van der Waals surface area (Å²) >= 11 is 0. The lowest BCUT2D eigenvalue weighted by Gasteiger charge is -2.19. The van der Waals surface area contributed by atoms with Crippen molar-refractivity contribution in [3.63, 3.8) is 0 Å². The highest BCUT2D eigenvalue weighted by molar-refractivity contribution is 5.79. The molecule has 7 heteroatoms. The Balaban J connectivity index is 1.99. The molecule has 0 radical (unpaired) electrons. The molecule has 0 spiro atoms. The Morgan fingerprint density at radius 1 is 1.39 bits per heavy atom. The second-order valence-corrected chi connectivity index (χ2v) is 5.72. The van der Waals surface area contributed by atoms with Crippen molar-refractivity contribution >= 4 is 11.8 Å². The molecular formula is C16H21F2N3O2. The van der Waals surface area contributed by atoms with Crippen molar-refractivity contribution in [2.75, 3.05) is 13.1 Å². The van der Waals surface area contributed by atoms with Gasteiger partial charge < -0.3 is 16.0 Å². The first-order chi connectivity index (χ1) is 11.0. The van der Waals surface area contributed by atoms with Crippen molar-refractivity contribution in [1.29, 1.82) is 0 Å². The lowest BCUT2D eigenvalue weighted by atomic mass is 10.0. The van der Waals surface area contributed by atoms with Crippen molar-refractivity contribution in [2.45, 2.75) is 38.3 Å². The van der Waals surface area contributed by atoms with Gasteiger partial charge in [-0.05, 0) is 25.5 Å². The smallest absolute Gasteiger partial charge is 0.222 e. The molecule has 1 aliphatic heterocycles. The molecule has 1 aliphatic rings. The summed E-state index contributed by atoms with van der Waals surface area (Å²) < 4.78 is 26.9. The molecule has 1 heterocycles. The van der Waals surface area contributed by atoms with Crippen molar-refractivity contribution in [1.82, 2.24) is 16.0 Å². The maximum Gasteiger partial charge on any atom is 0.222 e. The number of hydrogen-bond donors (Lipinski definition) is 3. The monoisotopic (exact) mass is 325 g/mol. The quantitative estimate of drug-likeness (QED) is 0.740. The van der Waals surface area contributed by atoms with Gasteiger partial charge in [0.25, 0.3) is 0 Å². The predicted octanol–water partition coefficient (Wildman–Crippen LogP) is 1.40. The number of carbonyl (C=O) groups is 2. The first kappa shape index (κ1) is 17.3. The fourth-order valence-corrected chi connectivity index (χ4v) is 2.69. The minimum absolute atomic E-state index is 0.0933. The Kier molecular flexibility index (Phi) is 6.04.